The molecule has 0 unspecified atom stereocenters. The van der Waals surface area contributed by atoms with Crippen molar-refractivity contribution in [2.45, 2.75) is 110 Å². The molecule has 442 valence electrons. The van der Waals surface area contributed by atoms with Gasteiger partial charge in [-0.3, -0.25) is 14.2 Å². The van der Waals surface area contributed by atoms with E-state index in [-0.39, 0.29) is 33.1 Å². The first-order valence-corrected chi connectivity index (χ1v) is 32.1. The normalized spacial score (nSPS) is 11.3. The first kappa shape index (κ1) is 65.8. The van der Waals surface area contributed by atoms with Crippen LogP contribution in [0.2, 0.25) is 0 Å². The van der Waals surface area contributed by atoms with Gasteiger partial charge in [-0.15, -0.1) is 0 Å². The number of carboxylic acid groups (broad SMARTS) is 3. The molecule has 0 aliphatic heterocycles. The van der Waals surface area contributed by atoms with Crippen LogP contribution in [0.5, 0.6) is 5.75 Å². The predicted octanol–water partition coefficient (Wildman–Crippen LogP) is 12.7. The summed E-state index contributed by atoms with van der Waals surface area (Å²) in [6.07, 6.45) is 8.05. The molecule has 0 spiro atoms. The highest BCUT2D eigenvalue weighted by Gasteiger charge is 2.24. The fourth-order valence-corrected chi connectivity index (χ4v) is 12.8. The van der Waals surface area contributed by atoms with E-state index in [1.807, 2.05) is 74.5 Å². The van der Waals surface area contributed by atoms with E-state index < -0.39 is 48.0 Å². The minimum atomic E-state index is -3.81. The first-order chi connectivity index (χ1) is 39.5. The summed E-state index contributed by atoms with van der Waals surface area (Å²) in [6.45, 7) is 8.96. The summed E-state index contributed by atoms with van der Waals surface area (Å²) in [7, 11) is -8.87. The highest BCUT2D eigenvalue weighted by molar-refractivity contribution is 7.93. The SMILES string of the molecule is CCCCS(=O)(=O)Nc1ccccc1CCCc1cccc(C(=O)O)c1.CCS(=O)(=O)Nc1ccccc1CCCc1cccc(C(=O)O)c1.COc1cc(C)c(S(=O)(=O)Nc2ccccc2CCCc2cccc(C(=O)O)c2)c(C)c1C. The van der Waals surface area contributed by atoms with E-state index in [1.165, 1.54) is 0 Å². The Bertz CT molecular complexity index is 3700. The molecular weight excluding hydrogens is 1110 g/mol. The van der Waals surface area contributed by atoms with Crippen LogP contribution in [-0.2, 0) is 68.6 Å². The maximum Gasteiger partial charge on any atom is 0.335 e. The zero-order valence-electron chi connectivity index (χ0n) is 47.8. The molecule has 0 aromatic heterocycles. The zero-order valence-corrected chi connectivity index (χ0v) is 50.2. The molecule has 0 amide bonds. The van der Waals surface area contributed by atoms with E-state index in [4.69, 9.17) is 20.1 Å². The van der Waals surface area contributed by atoms with E-state index in [2.05, 4.69) is 14.2 Å². The lowest BCUT2D eigenvalue weighted by Crippen LogP contribution is -2.17. The molecule has 0 aliphatic carbocycles. The average Bonchev–Trinajstić information content (AvgIpc) is 3.53. The Hall–Kier alpha value is -8.00. The molecule has 0 fully saturated rings. The lowest BCUT2D eigenvalue weighted by molar-refractivity contribution is 0.0686. The first-order valence-electron chi connectivity index (χ1n) is 27.3. The van der Waals surface area contributed by atoms with Crippen molar-refractivity contribution in [2.24, 2.45) is 0 Å². The number of nitrogens with one attached hydrogen (secondary N) is 3. The third-order valence-electron chi connectivity index (χ3n) is 13.7. The molecule has 0 aliphatic rings. The molecule has 0 heterocycles. The maximum atomic E-state index is 13.3. The molecular formula is C64H75N3O13S3. The highest BCUT2D eigenvalue weighted by atomic mass is 32.2. The van der Waals surface area contributed by atoms with Crippen LogP contribution in [0.15, 0.2) is 157 Å². The van der Waals surface area contributed by atoms with Crippen LogP contribution in [0.3, 0.4) is 0 Å². The Balaban J connectivity index is 0.000000232. The predicted molar refractivity (Wildman–Crippen MR) is 329 cm³/mol. The average molecular weight is 1190 g/mol. The number of para-hydroxylation sites is 3. The summed E-state index contributed by atoms with van der Waals surface area (Å²) in [6, 6.07) is 44.5. The molecule has 0 bridgehead atoms. The Kier molecular flexibility index (Phi) is 24.9. The summed E-state index contributed by atoms with van der Waals surface area (Å²) in [5, 5.41) is 27.2. The summed E-state index contributed by atoms with van der Waals surface area (Å²) in [5.41, 5.74) is 10.3. The van der Waals surface area contributed by atoms with Gasteiger partial charge in [-0.05, 0) is 203 Å². The van der Waals surface area contributed by atoms with Crippen LogP contribution >= 0.6 is 0 Å². The molecule has 7 aromatic carbocycles. The van der Waals surface area contributed by atoms with Crippen molar-refractivity contribution in [1.82, 2.24) is 0 Å². The van der Waals surface area contributed by atoms with Crippen molar-refractivity contribution in [1.29, 1.82) is 0 Å². The molecule has 6 N–H and O–H groups in total. The van der Waals surface area contributed by atoms with Gasteiger partial charge in [-0.2, -0.15) is 0 Å². The molecule has 19 heteroatoms. The molecule has 7 rings (SSSR count). The Morgan fingerprint density at radius 2 is 0.819 bits per heavy atom. The topological polar surface area (TPSA) is 260 Å². The van der Waals surface area contributed by atoms with Crippen molar-refractivity contribution < 1.29 is 59.7 Å². The van der Waals surface area contributed by atoms with Gasteiger partial charge in [0.2, 0.25) is 20.0 Å². The number of methoxy groups -OCH3 is 1. The number of rotatable bonds is 27. The van der Waals surface area contributed by atoms with Gasteiger partial charge in [0, 0.05) is 0 Å². The van der Waals surface area contributed by atoms with Crippen LogP contribution in [-0.4, -0.2) is 77.1 Å². The van der Waals surface area contributed by atoms with Gasteiger partial charge in [0.05, 0.1) is 57.3 Å². The number of hydrogen-bond donors (Lipinski definition) is 6. The summed E-state index contributed by atoms with van der Waals surface area (Å²) in [5.74, 6) is -1.99. The number of carboxylic acids is 3. The Morgan fingerprint density at radius 1 is 0.446 bits per heavy atom. The molecule has 7 aromatic rings. The standard InChI is InChI=1S/C26H29NO5S.C20H25NO4S.C18H21NO4S/c1-17-15-24(32-4)18(2)19(3)25(17)33(30,31)27-23-14-6-5-11-21(23)12-7-9-20-10-8-13-22(16-20)26(28)29;1-2-3-14-26(24,25)21-19-13-5-4-10-17(19)11-6-8-16-9-7-12-18(15-16)20(22)23;1-2-24(22,23)19-17-12-4-3-9-15(17)10-5-7-14-8-6-11-16(13-14)18(20)21/h5-6,8,10-11,13-16,27H,7,9,12H2,1-4H3,(H,28,29);4-5,7,9-10,12-13,15,21H,2-3,6,8,11,14H2,1H3,(H,22,23);3-4,6,8-9,11-13,19H,2,5,7,10H2,1H3,(H,20,21). The molecule has 16 nitrogen and oxygen atoms in total. The van der Waals surface area contributed by atoms with Gasteiger partial charge < -0.3 is 20.1 Å². The summed E-state index contributed by atoms with van der Waals surface area (Å²) in [4.78, 5) is 33.5. The zero-order chi connectivity index (χ0) is 60.7. The number of carbonyl (C=O) groups is 3. The van der Waals surface area contributed by atoms with Crippen molar-refractivity contribution in [3.8, 4) is 5.75 Å². The summed E-state index contributed by atoms with van der Waals surface area (Å²) < 4.78 is 87.9. The van der Waals surface area contributed by atoms with Crippen molar-refractivity contribution in [3.05, 3.63) is 218 Å². The van der Waals surface area contributed by atoms with Crippen LogP contribution in [0.4, 0.5) is 17.1 Å². The number of aromatic carboxylic acids is 3. The lowest BCUT2D eigenvalue weighted by Gasteiger charge is -2.18. The minimum absolute atomic E-state index is 0.0311. The number of ether oxygens (including phenoxy) is 1. The number of hydrogen-bond acceptors (Lipinski definition) is 10. The second-order valence-electron chi connectivity index (χ2n) is 19.9. The third-order valence-corrected chi connectivity index (χ3v) is 18.0. The summed E-state index contributed by atoms with van der Waals surface area (Å²) >= 11 is 0. The number of anilines is 3. The quantitative estimate of drug-likeness (QED) is 0.0280. The number of sulfonamides is 3. The molecule has 0 saturated carbocycles. The minimum Gasteiger partial charge on any atom is -0.496 e. The maximum absolute atomic E-state index is 13.3. The van der Waals surface area contributed by atoms with Crippen molar-refractivity contribution >= 4 is 65.0 Å². The fraction of sp³-hybridized carbons (Fsp3) is 0.297. The monoisotopic (exact) mass is 1190 g/mol. The van der Waals surface area contributed by atoms with Gasteiger partial charge in [-0.1, -0.05) is 104 Å². The van der Waals surface area contributed by atoms with Gasteiger partial charge >= 0.3 is 17.9 Å². The molecule has 0 saturated heterocycles. The fourth-order valence-electron chi connectivity index (χ4n) is 9.18. The van der Waals surface area contributed by atoms with Crippen molar-refractivity contribution in [3.63, 3.8) is 0 Å². The number of unbranched alkanes of at least 4 members (excludes halogenated alkanes) is 1. The van der Waals surface area contributed by atoms with Gasteiger partial charge in [-0.25, -0.2) is 39.6 Å². The van der Waals surface area contributed by atoms with Crippen LogP contribution < -0.4 is 18.9 Å². The largest absolute Gasteiger partial charge is 0.496 e. The van der Waals surface area contributed by atoms with Crippen LogP contribution in [0.1, 0.15) is 127 Å². The second-order valence-corrected chi connectivity index (χ2v) is 25.4. The van der Waals surface area contributed by atoms with Crippen LogP contribution in [0.25, 0.3) is 0 Å². The molecule has 0 radical (unpaired) electrons. The highest BCUT2D eigenvalue weighted by Crippen LogP contribution is 2.33. The van der Waals surface area contributed by atoms with Gasteiger partial charge in [0.1, 0.15) is 5.75 Å². The smallest absolute Gasteiger partial charge is 0.335 e. The second kappa shape index (κ2) is 31.4. The van der Waals surface area contributed by atoms with Crippen molar-refractivity contribution in [2.75, 3.05) is 32.8 Å². The molecule has 0 atom stereocenters. The van der Waals surface area contributed by atoms with E-state index >= 15 is 0 Å². The van der Waals surface area contributed by atoms with Gasteiger partial charge in [0.15, 0.2) is 0 Å². The Morgan fingerprint density at radius 3 is 1.18 bits per heavy atom. The number of benzene rings is 7. The lowest BCUT2D eigenvalue weighted by atomic mass is 10.0. The van der Waals surface area contributed by atoms with E-state index in [9.17, 15) is 39.6 Å². The van der Waals surface area contributed by atoms with E-state index in [1.54, 1.807) is 119 Å². The van der Waals surface area contributed by atoms with Crippen LogP contribution in [0, 0.1) is 20.8 Å². The van der Waals surface area contributed by atoms with Gasteiger partial charge in [0.25, 0.3) is 10.0 Å². The van der Waals surface area contributed by atoms with E-state index in [0.717, 1.165) is 77.5 Å². The molecule has 83 heavy (non-hydrogen) atoms. The Labute approximate surface area is 489 Å². The van der Waals surface area contributed by atoms with E-state index in [0.29, 0.717) is 66.0 Å². The number of aryl methyl sites for hydroxylation is 7. The third kappa shape index (κ3) is 20.7.